The molecule has 14 heteroatoms. The molecule has 3 rings (SSSR count). The second-order valence-corrected chi connectivity index (χ2v) is 9.15. The quantitative estimate of drug-likeness (QED) is 0.229. The number of esters is 5. The van der Waals surface area contributed by atoms with E-state index in [-0.39, 0.29) is 6.61 Å². The number of hydrogen-bond donors (Lipinski definition) is 1. The third-order valence-electron chi connectivity index (χ3n) is 6.09. The summed E-state index contributed by atoms with van der Waals surface area (Å²) < 4.78 is 43.6. The molecule has 39 heavy (non-hydrogen) atoms. The highest BCUT2D eigenvalue weighted by molar-refractivity contribution is 5.68. The van der Waals surface area contributed by atoms with Crippen LogP contribution in [0.25, 0.3) is 0 Å². The molecule has 0 aromatic carbocycles. The smallest absolute Gasteiger partial charge is 0.303 e. The zero-order valence-corrected chi connectivity index (χ0v) is 22.1. The Morgan fingerprint density at radius 2 is 1.44 bits per heavy atom. The van der Waals surface area contributed by atoms with Crippen molar-refractivity contribution >= 4 is 29.8 Å². The molecule has 9 atom stereocenters. The van der Waals surface area contributed by atoms with E-state index in [1.54, 1.807) is 12.2 Å². The highest BCUT2D eigenvalue weighted by Gasteiger charge is 2.53. The Morgan fingerprint density at radius 1 is 0.821 bits per heavy atom. The van der Waals surface area contributed by atoms with E-state index in [1.807, 2.05) is 0 Å². The molecule has 0 amide bonds. The lowest BCUT2D eigenvalue weighted by atomic mass is 9.88. The molecule has 0 saturated carbocycles. The first-order valence-corrected chi connectivity index (χ1v) is 12.2. The Bertz CT molecular complexity index is 1020. The molecule has 0 radical (unpaired) electrons. The van der Waals surface area contributed by atoms with Gasteiger partial charge in [0.05, 0.1) is 12.2 Å². The van der Waals surface area contributed by atoms with Gasteiger partial charge in [-0.2, -0.15) is 0 Å². The zero-order chi connectivity index (χ0) is 28.9. The maximum Gasteiger partial charge on any atom is 0.303 e. The third-order valence-corrected chi connectivity index (χ3v) is 6.09. The first-order valence-electron chi connectivity index (χ1n) is 12.2. The van der Waals surface area contributed by atoms with Crippen molar-refractivity contribution in [2.75, 3.05) is 13.2 Å². The zero-order valence-electron chi connectivity index (χ0n) is 22.1. The van der Waals surface area contributed by atoms with Crippen molar-refractivity contribution in [3.63, 3.8) is 0 Å². The summed E-state index contributed by atoms with van der Waals surface area (Å²) in [5, 5.41) is 11.1. The van der Waals surface area contributed by atoms with Crippen LogP contribution in [0.5, 0.6) is 0 Å². The molecule has 216 valence electrons. The number of ether oxygens (including phenoxy) is 8. The van der Waals surface area contributed by atoms with Gasteiger partial charge in [0.2, 0.25) is 6.29 Å². The Labute approximate surface area is 224 Å². The number of aliphatic hydroxyl groups is 1. The van der Waals surface area contributed by atoms with Crippen LogP contribution in [0.4, 0.5) is 0 Å². The van der Waals surface area contributed by atoms with Crippen molar-refractivity contribution in [2.24, 2.45) is 11.8 Å². The van der Waals surface area contributed by atoms with Crippen LogP contribution in [0.2, 0.25) is 0 Å². The maximum atomic E-state index is 11.8. The molecule has 0 bridgehead atoms. The second-order valence-electron chi connectivity index (χ2n) is 9.15. The largest absolute Gasteiger partial charge is 0.472 e. The lowest BCUT2D eigenvalue weighted by molar-refractivity contribution is -0.341. The molecule has 1 fully saturated rings. The SMILES string of the molecule is CC(=O)OCC1=CC(OC(C)=O)C2C=COC(OC3OC(COC(C)=O)C(OC(C)=O)C(OC(C)=O)C3O)C12. The average Bonchev–Trinajstić information content (AvgIpc) is 3.18. The molecule has 0 spiro atoms. The minimum Gasteiger partial charge on any atom is -0.472 e. The molecule has 1 aliphatic carbocycles. The number of fused-ring (bicyclic) bond motifs is 1. The first-order chi connectivity index (χ1) is 18.4. The average molecular weight is 557 g/mol. The predicted molar refractivity (Wildman–Crippen MR) is 125 cm³/mol. The van der Waals surface area contributed by atoms with E-state index in [1.165, 1.54) is 20.1 Å². The van der Waals surface area contributed by atoms with Gasteiger partial charge in [-0.1, -0.05) is 0 Å². The predicted octanol–water partition coefficient (Wildman–Crippen LogP) is 0.0525. The number of carbonyl (C=O) groups excluding carboxylic acids is 5. The van der Waals surface area contributed by atoms with Crippen molar-refractivity contribution in [2.45, 2.75) is 77.7 Å². The van der Waals surface area contributed by atoms with Crippen LogP contribution in [0.15, 0.2) is 24.0 Å². The van der Waals surface area contributed by atoms with Gasteiger partial charge in [-0.25, -0.2) is 0 Å². The number of rotatable bonds is 9. The van der Waals surface area contributed by atoms with E-state index >= 15 is 0 Å². The van der Waals surface area contributed by atoms with E-state index in [0.717, 1.165) is 20.8 Å². The van der Waals surface area contributed by atoms with Crippen LogP contribution >= 0.6 is 0 Å². The van der Waals surface area contributed by atoms with E-state index in [0.29, 0.717) is 5.57 Å². The van der Waals surface area contributed by atoms with Crippen LogP contribution < -0.4 is 0 Å². The second kappa shape index (κ2) is 13.0. The van der Waals surface area contributed by atoms with Gasteiger partial charge in [0.25, 0.3) is 0 Å². The standard InChI is InChI=1S/C25H32O14/c1-11(26)33-9-16-8-18(35-13(3)28)17-6-7-32-24(20(16)17)39-25-21(31)23(37-15(5)30)22(36-14(4)29)19(38-25)10-34-12(2)27/h6-8,17-25,31H,9-10H2,1-5H3. The molecule has 1 saturated heterocycles. The lowest BCUT2D eigenvalue weighted by Gasteiger charge is -2.44. The van der Waals surface area contributed by atoms with Gasteiger partial charge in [-0.15, -0.1) is 0 Å². The first kappa shape index (κ1) is 30.1. The molecular weight excluding hydrogens is 524 g/mol. The van der Waals surface area contributed by atoms with Crippen LogP contribution in [0, 0.1) is 11.8 Å². The molecule has 0 aromatic heterocycles. The van der Waals surface area contributed by atoms with E-state index in [2.05, 4.69) is 0 Å². The van der Waals surface area contributed by atoms with E-state index in [4.69, 9.17) is 37.9 Å². The van der Waals surface area contributed by atoms with Gasteiger partial charge in [0.1, 0.15) is 31.5 Å². The molecule has 2 aliphatic heterocycles. The highest BCUT2D eigenvalue weighted by Crippen LogP contribution is 2.42. The number of hydrogen-bond acceptors (Lipinski definition) is 14. The Morgan fingerprint density at radius 3 is 2.03 bits per heavy atom. The Balaban J connectivity index is 1.88. The third kappa shape index (κ3) is 7.77. The van der Waals surface area contributed by atoms with Crippen LogP contribution in [0.3, 0.4) is 0 Å². The molecule has 0 aromatic rings. The van der Waals surface area contributed by atoms with Gasteiger partial charge in [0.15, 0.2) is 18.5 Å². The van der Waals surface area contributed by atoms with Crippen molar-refractivity contribution < 1.29 is 67.0 Å². The van der Waals surface area contributed by atoms with Gasteiger partial charge in [0, 0.05) is 40.5 Å². The summed E-state index contributed by atoms with van der Waals surface area (Å²) in [5.74, 6) is -4.36. The van der Waals surface area contributed by atoms with Gasteiger partial charge in [-0.05, 0) is 17.7 Å². The topological polar surface area (TPSA) is 179 Å². The molecular formula is C25H32O14. The normalized spacial score (nSPS) is 33.1. The summed E-state index contributed by atoms with van der Waals surface area (Å²) in [6, 6.07) is 0. The summed E-state index contributed by atoms with van der Waals surface area (Å²) in [6.45, 7) is 5.32. The molecule has 1 N–H and O–H groups in total. The minimum atomic E-state index is -1.67. The fourth-order valence-electron chi connectivity index (χ4n) is 4.65. The minimum absolute atomic E-state index is 0.140. The van der Waals surface area contributed by atoms with Gasteiger partial charge >= 0.3 is 29.8 Å². The highest BCUT2D eigenvalue weighted by atomic mass is 16.8. The molecule has 9 unspecified atom stereocenters. The molecule has 3 aliphatic rings. The van der Waals surface area contributed by atoms with Gasteiger partial charge < -0.3 is 43.0 Å². The lowest BCUT2D eigenvalue weighted by Crippen LogP contribution is -2.62. The van der Waals surface area contributed by atoms with Crippen LogP contribution in [-0.2, 0) is 61.9 Å². The Kier molecular flexibility index (Phi) is 10.1. The number of carbonyl (C=O) groups is 5. The van der Waals surface area contributed by atoms with E-state index in [9.17, 15) is 29.1 Å². The summed E-state index contributed by atoms with van der Waals surface area (Å²) in [7, 11) is 0. The van der Waals surface area contributed by atoms with Gasteiger partial charge in [-0.3, -0.25) is 24.0 Å². The van der Waals surface area contributed by atoms with Crippen molar-refractivity contribution in [3.8, 4) is 0 Å². The fraction of sp³-hybridized carbons (Fsp3) is 0.640. The Hall–Kier alpha value is -3.49. The molecule has 14 nitrogen and oxygen atoms in total. The summed E-state index contributed by atoms with van der Waals surface area (Å²) >= 11 is 0. The fourth-order valence-corrected chi connectivity index (χ4v) is 4.65. The monoisotopic (exact) mass is 556 g/mol. The van der Waals surface area contributed by atoms with Crippen LogP contribution in [0.1, 0.15) is 34.6 Å². The van der Waals surface area contributed by atoms with E-state index < -0.39 is 91.4 Å². The van der Waals surface area contributed by atoms with Crippen molar-refractivity contribution in [1.29, 1.82) is 0 Å². The molecule has 2 heterocycles. The van der Waals surface area contributed by atoms with Crippen LogP contribution in [-0.4, -0.2) is 91.3 Å². The summed E-state index contributed by atoms with van der Waals surface area (Å²) in [4.78, 5) is 58.2. The summed E-state index contributed by atoms with van der Waals surface area (Å²) in [5.41, 5.74) is 0.534. The van der Waals surface area contributed by atoms with Crippen molar-refractivity contribution in [1.82, 2.24) is 0 Å². The maximum absolute atomic E-state index is 11.8. The van der Waals surface area contributed by atoms with Crippen molar-refractivity contribution in [3.05, 3.63) is 24.0 Å². The number of aliphatic hydroxyl groups excluding tert-OH is 1. The summed E-state index contributed by atoms with van der Waals surface area (Å²) in [6.07, 6.45) is -4.41.